The van der Waals surface area contributed by atoms with E-state index in [2.05, 4.69) is 15.6 Å². The number of anilines is 3. The molecule has 3 rings (SSSR count). The third-order valence-electron chi connectivity index (χ3n) is 3.22. The number of benzene rings is 1. The zero-order valence-corrected chi connectivity index (χ0v) is 14.5. The molecular weight excluding hydrogens is 322 g/mol. The summed E-state index contributed by atoms with van der Waals surface area (Å²) < 4.78 is 16.2. The number of hydrogen-bond donors (Lipinski definition) is 2. The fourth-order valence-electron chi connectivity index (χ4n) is 2.24. The van der Waals surface area contributed by atoms with E-state index in [0.717, 1.165) is 17.1 Å². The molecule has 0 saturated heterocycles. The second-order valence-corrected chi connectivity index (χ2v) is 6.54. The van der Waals surface area contributed by atoms with Crippen molar-refractivity contribution in [1.29, 1.82) is 0 Å². The molecule has 2 heterocycles. The Kier molecular flexibility index (Phi) is 4.65. The summed E-state index contributed by atoms with van der Waals surface area (Å²) in [6, 6.07) is 9.16. The molecule has 1 amide bonds. The number of ether oxygens (including phenoxy) is 3. The predicted octanol–water partition coefficient (Wildman–Crippen LogP) is 3.94. The van der Waals surface area contributed by atoms with Gasteiger partial charge in [0.05, 0.1) is 11.9 Å². The largest absolute Gasteiger partial charge is 0.486 e. The van der Waals surface area contributed by atoms with Gasteiger partial charge in [-0.15, -0.1) is 0 Å². The minimum atomic E-state index is -0.552. The second kappa shape index (κ2) is 6.88. The molecule has 25 heavy (non-hydrogen) atoms. The quantitative estimate of drug-likeness (QED) is 0.878. The van der Waals surface area contributed by atoms with Crippen LogP contribution in [-0.2, 0) is 4.74 Å². The van der Waals surface area contributed by atoms with Crippen molar-refractivity contribution in [3.8, 4) is 11.5 Å². The van der Waals surface area contributed by atoms with Gasteiger partial charge < -0.3 is 19.5 Å². The Morgan fingerprint density at radius 1 is 1.08 bits per heavy atom. The van der Waals surface area contributed by atoms with Gasteiger partial charge in [0, 0.05) is 11.8 Å². The summed E-state index contributed by atoms with van der Waals surface area (Å²) >= 11 is 0. The topological polar surface area (TPSA) is 81.7 Å². The lowest BCUT2D eigenvalue weighted by molar-refractivity contribution is 0.0635. The number of rotatable bonds is 3. The summed E-state index contributed by atoms with van der Waals surface area (Å²) in [5.74, 6) is 1.88. The average molecular weight is 343 g/mol. The molecule has 2 N–H and O–H groups in total. The molecule has 0 spiro atoms. The molecule has 0 radical (unpaired) electrons. The van der Waals surface area contributed by atoms with E-state index in [0.29, 0.717) is 24.8 Å². The van der Waals surface area contributed by atoms with E-state index in [1.807, 2.05) is 24.3 Å². The fourth-order valence-corrected chi connectivity index (χ4v) is 2.24. The minimum absolute atomic E-state index is 0.418. The van der Waals surface area contributed by atoms with Crippen LogP contribution < -0.4 is 20.1 Å². The first-order chi connectivity index (χ1) is 11.9. The number of carbonyl (C=O) groups excluding carboxylic acids is 1. The molecule has 7 nitrogen and oxygen atoms in total. The van der Waals surface area contributed by atoms with E-state index >= 15 is 0 Å². The standard InChI is InChI=1S/C18H21N3O4/c1-18(2,3)25-17(22)21-16-7-5-13(11-19-16)20-12-4-6-14-15(10-12)24-9-8-23-14/h4-7,10-11,20H,8-9H2,1-3H3,(H,19,21,22). The van der Waals surface area contributed by atoms with Crippen molar-refractivity contribution < 1.29 is 19.0 Å². The van der Waals surface area contributed by atoms with E-state index < -0.39 is 11.7 Å². The summed E-state index contributed by atoms with van der Waals surface area (Å²) in [5, 5.41) is 5.82. The number of pyridine rings is 1. The van der Waals surface area contributed by atoms with Crippen LogP contribution in [0.15, 0.2) is 36.5 Å². The summed E-state index contributed by atoms with van der Waals surface area (Å²) in [5.41, 5.74) is 1.09. The predicted molar refractivity (Wildman–Crippen MR) is 94.8 cm³/mol. The molecule has 0 saturated carbocycles. The number of nitrogens with zero attached hydrogens (tertiary/aromatic N) is 1. The third-order valence-corrected chi connectivity index (χ3v) is 3.22. The molecule has 1 aliphatic rings. The SMILES string of the molecule is CC(C)(C)OC(=O)Nc1ccc(Nc2ccc3c(c2)OCCO3)cn1. The van der Waals surface area contributed by atoms with Crippen LogP contribution >= 0.6 is 0 Å². The molecule has 1 aliphatic heterocycles. The lowest BCUT2D eigenvalue weighted by Gasteiger charge is -2.19. The number of aromatic nitrogens is 1. The van der Waals surface area contributed by atoms with Crippen LogP contribution in [0.4, 0.5) is 22.0 Å². The Balaban J connectivity index is 1.62. The monoisotopic (exact) mass is 343 g/mol. The maximum atomic E-state index is 11.7. The van der Waals surface area contributed by atoms with Gasteiger partial charge >= 0.3 is 6.09 Å². The van der Waals surface area contributed by atoms with Crippen molar-refractivity contribution in [3.63, 3.8) is 0 Å². The summed E-state index contributed by atoms with van der Waals surface area (Å²) in [4.78, 5) is 15.9. The normalized spacial score (nSPS) is 13.1. The maximum Gasteiger partial charge on any atom is 0.413 e. The average Bonchev–Trinajstić information content (AvgIpc) is 2.55. The van der Waals surface area contributed by atoms with Gasteiger partial charge in [0.25, 0.3) is 0 Å². The highest BCUT2D eigenvalue weighted by Crippen LogP contribution is 2.33. The second-order valence-electron chi connectivity index (χ2n) is 6.54. The van der Waals surface area contributed by atoms with Crippen LogP contribution in [0.3, 0.4) is 0 Å². The highest BCUT2D eigenvalue weighted by atomic mass is 16.6. The number of nitrogens with one attached hydrogen (secondary N) is 2. The number of hydrogen-bond acceptors (Lipinski definition) is 6. The lowest BCUT2D eigenvalue weighted by Crippen LogP contribution is -2.27. The molecule has 0 aliphatic carbocycles. The van der Waals surface area contributed by atoms with Crippen molar-refractivity contribution in [2.45, 2.75) is 26.4 Å². The lowest BCUT2D eigenvalue weighted by atomic mass is 10.2. The first-order valence-electron chi connectivity index (χ1n) is 8.02. The Bertz CT molecular complexity index is 754. The third kappa shape index (κ3) is 4.76. The summed E-state index contributed by atoms with van der Waals surface area (Å²) in [6.07, 6.45) is 1.09. The smallest absolute Gasteiger partial charge is 0.413 e. The maximum absolute atomic E-state index is 11.7. The van der Waals surface area contributed by atoms with Gasteiger partial charge in [0.15, 0.2) is 11.5 Å². The molecule has 0 atom stereocenters. The van der Waals surface area contributed by atoms with Crippen LogP contribution in [0.1, 0.15) is 20.8 Å². The van der Waals surface area contributed by atoms with Gasteiger partial charge in [-0.05, 0) is 45.0 Å². The van der Waals surface area contributed by atoms with Gasteiger partial charge in [-0.1, -0.05) is 0 Å². The van der Waals surface area contributed by atoms with Crippen LogP contribution in [0.2, 0.25) is 0 Å². The Labute approximate surface area is 146 Å². The Hall–Kier alpha value is -2.96. The molecule has 0 bridgehead atoms. The van der Waals surface area contributed by atoms with Crippen LogP contribution in [0.25, 0.3) is 0 Å². The molecule has 2 aromatic rings. The van der Waals surface area contributed by atoms with E-state index in [1.165, 1.54) is 0 Å². The van der Waals surface area contributed by atoms with Crippen LogP contribution in [0.5, 0.6) is 11.5 Å². The molecule has 7 heteroatoms. The zero-order chi connectivity index (χ0) is 17.9. The number of amides is 1. The Morgan fingerprint density at radius 2 is 1.80 bits per heavy atom. The van der Waals surface area contributed by atoms with Gasteiger partial charge in [-0.3, -0.25) is 5.32 Å². The van der Waals surface area contributed by atoms with Crippen LogP contribution in [0, 0.1) is 0 Å². The highest BCUT2D eigenvalue weighted by molar-refractivity contribution is 5.83. The molecule has 1 aromatic carbocycles. The number of carbonyl (C=O) groups is 1. The van der Waals surface area contributed by atoms with Crippen LogP contribution in [-0.4, -0.2) is 29.9 Å². The van der Waals surface area contributed by atoms with E-state index in [-0.39, 0.29) is 0 Å². The van der Waals surface area contributed by atoms with E-state index in [1.54, 1.807) is 33.0 Å². The van der Waals surface area contributed by atoms with Gasteiger partial charge in [-0.25, -0.2) is 9.78 Å². The van der Waals surface area contributed by atoms with Crippen molar-refractivity contribution in [2.24, 2.45) is 0 Å². The molecular formula is C18H21N3O4. The van der Waals surface area contributed by atoms with Crippen molar-refractivity contribution in [3.05, 3.63) is 36.5 Å². The van der Waals surface area contributed by atoms with Gasteiger partial charge in [-0.2, -0.15) is 0 Å². The summed E-state index contributed by atoms with van der Waals surface area (Å²) in [7, 11) is 0. The first kappa shape index (κ1) is 16.9. The first-order valence-corrected chi connectivity index (χ1v) is 8.02. The van der Waals surface area contributed by atoms with Gasteiger partial charge in [0.2, 0.25) is 0 Å². The summed E-state index contributed by atoms with van der Waals surface area (Å²) in [6.45, 7) is 6.53. The minimum Gasteiger partial charge on any atom is -0.486 e. The highest BCUT2D eigenvalue weighted by Gasteiger charge is 2.16. The van der Waals surface area contributed by atoms with E-state index in [4.69, 9.17) is 14.2 Å². The fraction of sp³-hybridized carbons (Fsp3) is 0.333. The molecule has 0 fully saturated rings. The van der Waals surface area contributed by atoms with Crippen molar-refractivity contribution >= 4 is 23.3 Å². The molecule has 0 unspecified atom stereocenters. The van der Waals surface area contributed by atoms with Crippen molar-refractivity contribution in [1.82, 2.24) is 4.98 Å². The molecule has 1 aromatic heterocycles. The van der Waals surface area contributed by atoms with Gasteiger partial charge in [0.1, 0.15) is 24.6 Å². The number of fused-ring (bicyclic) bond motifs is 1. The zero-order valence-electron chi connectivity index (χ0n) is 14.5. The van der Waals surface area contributed by atoms with Crippen molar-refractivity contribution in [2.75, 3.05) is 23.8 Å². The van der Waals surface area contributed by atoms with E-state index in [9.17, 15) is 4.79 Å². The molecule has 132 valence electrons. The Morgan fingerprint density at radius 3 is 2.48 bits per heavy atom.